The van der Waals surface area contributed by atoms with Gasteiger partial charge in [-0.15, -0.1) is 0 Å². The van der Waals surface area contributed by atoms with Crippen molar-refractivity contribution in [2.45, 2.75) is 88.8 Å². The predicted molar refractivity (Wildman–Crippen MR) is 211 cm³/mol. The van der Waals surface area contributed by atoms with E-state index in [-0.39, 0.29) is 29.5 Å². The van der Waals surface area contributed by atoms with E-state index < -0.39 is 22.0 Å². The molecule has 1 aromatic carbocycles. The maximum atomic E-state index is 13.2. The van der Waals surface area contributed by atoms with Gasteiger partial charge in [0.15, 0.2) is 11.6 Å². The number of carbonyl (C=O) groups excluding carboxylic acids is 3. The Kier molecular flexibility index (Phi) is 9.26. The van der Waals surface area contributed by atoms with Gasteiger partial charge in [0.25, 0.3) is 15.9 Å². The minimum atomic E-state index is -3.49. The molecular weight excluding hydrogens is 749 g/mol. The number of hydrogen-bond acceptors (Lipinski definition) is 13. The first-order chi connectivity index (χ1) is 27.4. The van der Waals surface area contributed by atoms with E-state index in [2.05, 4.69) is 62.5 Å². The highest BCUT2D eigenvalue weighted by molar-refractivity contribution is 7.90. The summed E-state index contributed by atoms with van der Waals surface area (Å²) in [4.78, 5) is 57.3. The van der Waals surface area contributed by atoms with Crippen molar-refractivity contribution in [1.29, 1.82) is 0 Å². The molecule has 17 nitrogen and oxygen atoms in total. The Balaban J connectivity index is 0.849. The molecule has 57 heavy (non-hydrogen) atoms. The molecule has 0 spiro atoms. The van der Waals surface area contributed by atoms with Crippen LogP contribution in [0.3, 0.4) is 0 Å². The number of fused-ring (bicyclic) bond motifs is 2. The molecule has 9 rings (SSSR count). The van der Waals surface area contributed by atoms with E-state index in [9.17, 15) is 22.8 Å². The zero-order valence-electron chi connectivity index (χ0n) is 32.0. The molecule has 2 saturated heterocycles. The molecule has 7 heterocycles. The fraction of sp³-hybridized carbons (Fsp3) is 0.436. The fourth-order valence-corrected chi connectivity index (χ4v) is 9.63. The number of aromatic nitrogens is 7. The molecule has 2 N–H and O–H groups in total. The lowest BCUT2D eigenvalue weighted by molar-refractivity contribution is -0.136. The zero-order valence-corrected chi connectivity index (χ0v) is 32.8. The average Bonchev–Trinajstić information content (AvgIpc) is 3.69. The van der Waals surface area contributed by atoms with Crippen LogP contribution in [-0.4, -0.2) is 107 Å². The van der Waals surface area contributed by atoms with Crippen LogP contribution in [0.25, 0.3) is 22.3 Å². The van der Waals surface area contributed by atoms with Crippen molar-refractivity contribution in [2.24, 2.45) is 0 Å². The van der Waals surface area contributed by atoms with Crippen molar-refractivity contribution < 1.29 is 22.8 Å². The monoisotopic (exact) mass is 792 g/mol. The Morgan fingerprint density at radius 1 is 0.982 bits per heavy atom. The summed E-state index contributed by atoms with van der Waals surface area (Å²) in [6.45, 7) is 6.97. The van der Waals surface area contributed by atoms with Crippen LogP contribution in [0.5, 0.6) is 0 Å². The van der Waals surface area contributed by atoms with Gasteiger partial charge in [-0.05, 0) is 76.3 Å². The zero-order chi connectivity index (χ0) is 39.6. The number of rotatable bonds is 11. The molecule has 4 aromatic heterocycles. The summed E-state index contributed by atoms with van der Waals surface area (Å²) in [7, 11) is -1.35. The topological polar surface area (TPSA) is 193 Å². The number of amides is 3. The molecule has 1 saturated carbocycles. The van der Waals surface area contributed by atoms with Crippen molar-refractivity contribution in [3.05, 3.63) is 71.8 Å². The number of pyridine rings is 1. The van der Waals surface area contributed by atoms with Gasteiger partial charge in [0, 0.05) is 68.7 Å². The Hall–Kier alpha value is -5.75. The van der Waals surface area contributed by atoms with E-state index in [4.69, 9.17) is 10.1 Å². The van der Waals surface area contributed by atoms with Crippen LogP contribution in [0, 0.1) is 0 Å². The standard InChI is InChI=1S/C39H44N12O5S/c1-23(2)51-32-17-34(43-33-10-13-40-36(44-33)26-18-42-50(22-26)57(55,56)28-5-6-28)41-19-30(32)37(46-51)48-14-11-27(12-15-48)47(3)20-24-4-7-29-25(16-24)21-49(39(29)54)31-8-9-35(52)45-38(31)53/h4,7,10,13,16-19,22-23,27-28,31H,5-6,8-9,11-12,14-15,20-21H2,1-3H3,(H,45,52,53)(H,40,41,43,44). The Bertz CT molecular complexity index is 2520. The highest BCUT2D eigenvalue weighted by atomic mass is 32.2. The summed E-state index contributed by atoms with van der Waals surface area (Å²) in [5.74, 6) is 1.50. The molecule has 1 unspecified atom stereocenters. The van der Waals surface area contributed by atoms with Gasteiger partial charge < -0.3 is 15.1 Å². The molecule has 0 bridgehead atoms. The summed E-state index contributed by atoms with van der Waals surface area (Å²) >= 11 is 0. The third-order valence-electron chi connectivity index (χ3n) is 11.4. The Morgan fingerprint density at radius 2 is 1.79 bits per heavy atom. The van der Waals surface area contributed by atoms with Crippen LogP contribution in [0.1, 0.15) is 79.9 Å². The van der Waals surface area contributed by atoms with Gasteiger partial charge in [-0.3, -0.25) is 29.3 Å². The molecule has 1 aliphatic carbocycles. The molecule has 18 heteroatoms. The first-order valence-electron chi connectivity index (χ1n) is 19.4. The molecule has 4 aliphatic rings. The highest BCUT2D eigenvalue weighted by Crippen LogP contribution is 2.34. The summed E-state index contributed by atoms with van der Waals surface area (Å²) in [5.41, 5.74) is 4.10. The van der Waals surface area contributed by atoms with Gasteiger partial charge in [0.2, 0.25) is 11.8 Å². The lowest BCUT2D eigenvalue weighted by Gasteiger charge is -2.37. The number of piperidine rings is 2. The molecule has 5 aromatic rings. The second-order valence-corrected chi connectivity index (χ2v) is 17.8. The molecule has 1 atom stereocenters. The number of anilines is 3. The maximum absolute atomic E-state index is 13.2. The summed E-state index contributed by atoms with van der Waals surface area (Å²) in [5, 5.41) is 15.4. The van der Waals surface area contributed by atoms with Crippen LogP contribution in [-0.2, 0) is 32.7 Å². The highest BCUT2D eigenvalue weighted by Gasteiger charge is 2.40. The second-order valence-electron chi connectivity index (χ2n) is 15.7. The molecule has 296 valence electrons. The van der Waals surface area contributed by atoms with Gasteiger partial charge in [-0.2, -0.15) is 14.3 Å². The largest absolute Gasteiger partial charge is 0.354 e. The number of imide groups is 1. The van der Waals surface area contributed by atoms with E-state index in [0.29, 0.717) is 60.4 Å². The normalized spacial score (nSPS) is 19.2. The van der Waals surface area contributed by atoms with Crippen molar-refractivity contribution in [3.63, 3.8) is 0 Å². The van der Waals surface area contributed by atoms with E-state index in [1.807, 2.05) is 29.1 Å². The van der Waals surface area contributed by atoms with Gasteiger partial charge in [-0.25, -0.2) is 23.4 Å². The molecule has 3 amide bonds. The van der Waals surface area contributed by atoms with Crippen LogP contribution >= 0.6 is 0 Å². The van der Waals surface area contributed by atoms with E-state index >= 15 is 0 Å². The van der Waals surface area contributed by atoms with Gasteiger partial charge in [0.1, 0.15) is 17.7 Å². The summed E-state index contributed by atoms with van der Waals surface area (Å²) < 4.78 is 28.3. The SMILES string of the molecule is CC(C)n1nc(N2CCC(N(C)Cc3ccc4c(c3)CN(C3CCC(=O)NC3=O)C4=O)CC2)c2cnc(Nc3ccnc(-c4cnn(S(=O)(=O)C5CC5)c4)n3)cc21. The Morgan fingerprint density at radius 3 is 2.54 bits per heavy atom. The summed E-state index contributed by atoms with van der Waals surface area (Å²) in [6, 6.07) is 9.50. The summed E-state index contributed by atoms with van der Waals surface area (Å²) in [6.07, 6.45) is 10.2. The number of nitrogens with one attached hydrogen (secondary N) is 2. The average molecular weight is 793 g/mol. The fourth-order valence-electron chi connectivity index (χ4n) is 8.15. The van der Waals surface area contributed by atoms with Gasteiger partial charge in [0.05, 0.1) is 34.1 Å². The van der Waals surface area contributed by atoms with Crippen LogP contribution in [0.4, 0.5) is 17.5 Å². The quantitative estimate of drug-likeness (QED) is 0.185. The Labute approximate surface area is 329 Å². The lowest BCUT2D eigenvalue weighted by Crippen LogP contribution is -2.52. The first-order valence-corrected chi connectivity index (χ1v) is 20.9. The van der Waals surface area contributed by atoms with Gasteiger partial charge >= 0.3 is 0 Å². The second kappa shape index (κ2) is 14.3. The van der Waals surface area contributed by atoms with E-state index in [1.165, 1.54) is 12.4 Å². The smallest absolute Gasteiger partial charge is 0.256 e. The van der Waals surface area contributed by atoms with Crippen LogP contribution in [0.2, 0.25) is 0 Å². The third kappa shape index (κ3) is 7.00. The van der Waals surface area contributed by atoms with Crippen LogP contribution < -0.4 is 15.5 Å². The van der Waals surface area contributed by atoms with E-state index in [0.717, 1.165) is 64.4 Å². The molecule has 3 aliphatic heterocycles. The minimum absolute atomic E-state index is 0.105. The third-order valence-corrected chi connectivity index (χ3v) is 13.4. The molecule has 3 fully saturated rings. The van der Waals surface area contributed by atoms with Crippen molar-refractivity contribution >= 4 is 56.1 Å². The van der Waals surface area contributed by atoms with Crippen molar-refractivity contribution in [3.8, 4) is 11.4 Å². The van der Waals surface area contributed by atoms with Crippen LogP contribution in [0.15, 0.2) is 55.1 Å². The lowest BCUT2D eigenvalue weighted by atomic mass is 10.0. The van der Waals surface area contributed by atoms with Crippen molar-refractivity contribution in [1.82, 2.24) is 49.0 Å². The molecule has 0 radical (unpaired) electrons. The van der Waals surface area contributed by atoms with E-state index in [1.54, 1.807) is 17.2 Å². The van der Waals surface area contributed by atoms with Gasteiger partial charge in [-0.1, -0.05) is 12.1 Å². The number of benzene rings is 1. The maximum Gasteiger partial charge on any atom is 0.256 e. The van der Waals surface area contributed by atoms with Crippen molar-refractivity contribution in [2.75, 3.05) is 30.4 Å². The first kappa shape index (κ1) is 36.9. The number of nitrogens with zero attached hydrogens (tertiary/aromatic N) is 10. The number of carbonyl (C=O) groups is 3. The predicted octanol–water partition coefficient (Wildman–Crippen LogP) is 3.61. The minimum Gasteiger partial charge on any atom is -0.354 e. The number of hydrogen-bond donors (Lipinski definition) is 2. The molecular formula is C39H44N12O5S.